The predicted octanol–water partition coefficient (Wildman–Crippen LogP) is 5.97. The van der Waals surface area contributed by atoms with E-state index in [4.69, 9.17) is 9.47 Å². The number of hydrogen-bond donors (Lipinski definition) is 0. The third-order valence-electron chi connectivity index (χ3n) is 4.42. The van der Waals surface area contributed by atoms with E-state index >= 15 is 0 Å². The normalized spacial score (nSPS) is 10.5. The lowest BCUT2D eigenvalue weighted by Crippen LogP contribution is -2.00. The van der Waals surface area contributed by atoms with Crippen LogP contribution in [0.4, 0.5) is 0 Å². The van der Waals surface area contributed by atoms with E-state index in [1.54, 1.807) is 0 Å². The lowest BCUT2D eigenvalue weighted by molar-refractivity contribution is 0.299. The molecule has 0 aliphatic rings. The second kappa shape index (κ2) is 9.10. The molecule has 0 radical (unpaired) electrons. The fraction of sp³-hybridized carbons (Fsp3) is 0.250. The molecule has 0 amide bonds. The maximum Gasteiger partial charge on any atom is 0.120 e. The molecule has 3 aromatic rings. The molecular formula is C24H26O2. The summed E-state index contributed by atoms with van der Waals surface area (Å²) in [7, 11) is 0. The number of rotatable bonds is 8. The topological polar surface area (TPSA) is 18.5 Å². The number of ether oxygens (including phenoxy) is 2. The average molecular weight is 346 g/mol. The van der Waals surface area contributed by atoms with E-state index in [9.17, 15) is 0 Å². The summed E-state index contributed by atoms with van der Waals surface area (Å²) in [6.45, 7) is 5.43. The van der Waals surface area contributed by atoms with Crippen LogP contribution in [0, 0.1) is 0 Å². The molecule has 0 atom stereocenters. The lowest BCUT2D eigenvalue weighted by Gasteiger charge is -2.10. The Morgan fingerprint density at radius 2 is 0.962 bits per heavy atom. The van der Waals surface area contributed by atoms with Gasteiger partial charge >= 0.3 is 0 Å². The van der Waals surface area contributed by atoms with Gasteiger partial charge in [-0.2, -0.15) is 0 Å². The molecule has 0 saturated carbocycles. The first-order chi connectivity index (χ1) is 12.8. The van der Waals surface area contributed by atoms with Gasteiger partial charge in [0, 0.05) is 0 Å². The van der Waals surface area contributed by atoms with Crippen molar-refractivity contribution in [2.24, 2.45) is 0 Å². The van der Waals surface area contributed by atoms with Gasteiger partial charge in [0.15, 0.2) is 0 Å². The monoisotopic (exact) mass is 346 g/mol. The molecule has 0 saturated heterocycles. The first-order valence-electron chi connectivity index (χ1n) is 9.28. The van der Waals surface area contributed by atoms with Gasteiger partial charge in [0.05, 0.1) is 0 Å². The van der Waals surface area contributed by atoms with E-state index in [1.165, 1.54) is 11.1 Å². The van der Waals surface area contributed by atoms with Crippen LogP contribution in [0.2, 0.25) is 0 Å². The summed E-state index contributed by atoms with van der Waals surface area (Å²) in [5.74, 6) is 1.84. The molecule has 0 N–H and O–H groups in total. The van der Waals surface area contributed by atoms with Crippen LogP contribution < -0.4 is 9.47 Å². The van der Waals surface area contributed by atoms with Gasteiger partial charge in [-0.25, -0.2) is 0 Å². The Labute approximate surface area is 156 Å². The molecule has 0 aromatic heterocycles. The first kappa shape index (κ1) is 18.1. The molecule has 2 heteroatoms. The van der Waals surface area contributed by atoms with E-state index in [0.717, 1.165) is 35.5 Å². The zero-order valence-electron chi connectivity index (χ0n) is 15.6. The van der Waals surface area contributed by atoms with Crippen molar-refractivity contribution in [1.29, 1.82) is 0 Å². The zero-order valence-corrected chi connectivity index (χ0v) is 15.6. The Kier molecular flexibility index (Phi) is 6.32. The minimum Gasteiger partial charge on any atom is -0.489 e. The minimum atomic E-state index is 0.562. The van der Waals surface area contributed by atoms with E-state index in [0.29, 0.717) is 13.2 Å². The van der Waals surface area contributed by atoms with Crippen molar-refractivity contribution in [3.63, 3.8) is 0 Å². The van der Waals surface area contributed by atoms with E-state index < -0.39 is 0 Å². The van der Waals surface area contributed by atoms with Gasteiger partial charge in [-0.3, -0.25) is 0 Å². The number of benzene rings is 3. The quantitative estimate of drug-likeness (QED) is 0.500. The summed E-state index contributed by atoms with van der Waals surface area (Å²) in [5, 5.41) is 0. The van der Waals surface area contributed by atoms with Crippen molar-refractivity contribution < 1.29 is 9.47 Å². The maximum atomic E-state index is 5.94. The van der Waals surface area contributed by atoms with Crippen molar-refractivity contribution in [3.05, 3.63) is 95.1 Å². The number of aryl methyl sites for hydroxylation is 2. The summed E-state index contributed by atoms with van der Waals surface area (Å²) in [6.07, 6.45) is 2.03. The van der Waals surface area contributed by atoms with Crippen LogP contribution in [-0.4, -0.2) is 0 Å². The summed E-state index contributed by atoms with van der Waals surface area (Å²) in [4.78, 5) is 0. The predicted molar refractivity (Wildman–Crippen MR) is 107 cm³/mol. The average Bonchev–Trinajstić information content (AvgIpc) is 2.71. The summed E-state index contributed by atoms with van der Waals surface area (Å²) in [6, 6.07) is 24.9. The van der Waals surface area contributed by atoms with Gasteiger partial charge in [-0.05, 0) is 65.4 Å². The minimum absolute atomic E-state index is 0.562. The second-order valence-electron chi connectivity index (χ2n) is 6.40. The molecule has 0 aliphatic carbocycles. The van der Waals surface area contributed by atoms with Gasteiger partial charge in [0.1, 0.15) is 24.7 Å². The van der Waals surface area contributed by atoms with Crippen LogP contribution in [0.5, 0.6) is 11.5 Å². The van der Waals surface area contributed by atoms with Gasteiger partial charge in [0.25, 0.3) is 0 Å². The molecule has 26 heavy (non-hydrogen) atoms. The molecular weight excluding hydrogens is 320 g/mol. The number of hydrogen-bond acceptors (Lipinski definition) is 2. The fourth-order valence-corrected chi connectivity index (χ4v) is 2.85. The highest BCUT2D eigenvalue weighted by Crippen LogP contribution is 2.18. The van der Waals surface area contributed by atoms with Crippen molar-refractivity contribution >= 4 is 0 Å². The Morgan fingerprint density at radius 3 is 1.42 bits per heavy atom. The van der Waals surface area contributed by atoms with Gasteiger partial charge < -0.3 is 9.47 Å². The van der Waals surface area contributed by atoms with Crippen molar-refractivity contribution in [3.8, 4) is 11.5 Å². The van der Waals surface area contributed by atoms with Crippen LogP contribution in [-0.2, 0) is 26.1 Å². The van der Waals surface area contributed by atoms with Gasteiger partial charge in [0.2, 0.25) is 0 Å². The van der Waals surface area contributed by atoms with Crippen molar-refractivity contribution in [2.75, 3.05) is 0 Å². The van der Waals surface area contributed by atoms with Crippen LogP contribution in [0.1, 0.15) is 36.1 Å². The van der Waals surface area contributed by atoms with E-state index in [1.807, 2.05) is 24.3 Å². The van der Waals surface area contributed by atoms with E-state index in [2.05, 4.69) is 62.4 Å². The molecule has 0 unspecified atom stereocenters. The third-order valence-corrected chi connectivity index (χ3v) is 4.42. The maximum absolute atomic E-state index is 5.94. The zero-order chi connectivity index (χ0) is 18.2. The molecule has 134 valence electrons. The molecule has 0 fully saturated rings. The largest absolute Gasteiger partial charge is 0.489 e. The fourth-order valence-electron chi connectivity index (χ4n) is 2.85. The van der Waals surface area contributed by atoms with Gasteiger partial charge in [-0.15, -0.1) is 0 Å². The van der Waals surface area contributed by atoms with Crippen LogP contribution in [0.3, 0.4) is 0 Å². The Balaban J connectivity index is 1.58. The standard InChI is InChI=1S/C24H26O2/c1-3-19-8-6-12-23(15-19)25-17-21-10-5-11-22(14-21)18-26-24-13-7-9-20(4-2)16-24/h5-16H,3-4,17-18H2,1-2H3. The SMILES string of the molecule is CCc1cccc(OCc2cccc(COc3cccc(CC)c3)c2)c1. The summed E-state index contributed by atoms with van der Waals surface area (Å²) < 4.78 is 11.9. The Bertz CT molecular complexity index is 772. The van der Waals surface area contributed by atoms with Gasteiger partial charge in [-0.1, -0.05) is 56.3 Å². The van der Waals surface area contributed by atoms with Crippen LogP contribution >= 0.6 is 0 Å². The second-order valence-corrected chi connectivity index (χ2v) is 6.40. The summed E-state index contributed by atoms with van der Waals surface area (Å²) in [5.41, 5.74) is 4.88. The lowest BCUT2D eigenvalue weighted by atomic mass is 10.1. The van der Waals surface area contributed by atoms with E-state index in [-0.39, 0.29) is 0 Å². The smallest absolute Gasteiger partial charge is 0.120 e. The highest BCUT2D eigenvalue weighted by Gasteiger charge is 2.01. The molecule has 2 nitrogen and oxygen atoms in total. The van der Waals surface area contributed by atoms with Crippen LogP contribution in [0.15, 0.2) is 72.8 Å². The molecule has 0 spiro atoms. The van der Waals surface area contributed by atoms with Crippen LogP contribution in [0.25, 0.3) is 0 Å². The third kappa shape index (κ3) is 5.13. The first-order valence-corrected chi connectivity index (χ1v) is 9.28. The molecule has 0 aliphatic heterocycles. The molecule has 0 bridgehead atoms. The highest BCUT2D eigenvalue weighted by molar-refractivity contribution is 5.31. The Morgan fingerprint density at radius 1 is 0.538 bits per heavy atom. The highest BCUT2D eigenvalue weighted by atomic mass is 16.5. The van der Waals surface area contributed by atoms with Crippen molar-refractivity contribution in [1.82, 2.24) is 0 Å². The van der Waals surface area contributed by atoms with Crippen molar-refractivity contribution in [2.45, 2.75) is 39.9 Å². The molecule has 3 rings (SSSR count). The Hall–Kier alpha value is -2.74. The molecule has 3 aromatic carbocycles. The molecule has 0 heterocycles. The summed E-state index contributed by atoms with van der Waals surface area (Å²) >= 11 is 0.